The Bertz CT molecular complexity index is 1700. The Kier molecular flexibility index (Phi) is 11.2. The Morgan fingerprint density at radius 3 is 1.39 bits per heavy atom. The molecular formula is C36H35N7PS2+. The number of thiocarbonyl (C=S) groups is 2. The van der Waals surface area contributed by atoms with Crippen LogP contribution in [0.1, 0.15) is 11.1 Å². The zero-order valence-corrected chi connectivity index (χ0v) is 27.8. The first-order chi connectivity index (χ1) is 22.5. The van der Waals surface area contributed by atoms with E-state index in [0.717, 1.165) is 11.1 Å². The minimum Gasteiger partial charge on any atom is -0.399 e. The molecule has 0 heterocycles. The molecule has 0 aromatic heterocycles. The molecule has 0 saturated heterocycles. The molecule has 0 aliphatic rings. The summed E-state index contributed by atoms with van der Waals surface area (Å²) in [5.41, 5.74) is 15.4. The normalized spacial score (nSPS) is 11.8. The highest BCUT2D eigenvalue weighted by Gasteiger charge is 2.45. The van der Waals surface area contributed by atoms with Crippen molar-refractivity contribution in [1.29, 1.82) is 0 Å². The van der Waals surface area contributed by atoms with E-state index in [0.29, 0.717) is 33.6 Å². The second kappa shape index (κ2) is 15.9. The number of nitrogens with one attached hydrogen (secondary N) is 4. The molecule has 10 heteroatoms. The predicted octanol–water partition coefficient (Wildman–Crippen LogP) is 4.89. The summed E-state index contributed by atoms with van der Waals surface area (Å²) >= 11 is 11.2. The van der Waals surface area contributed by atoms with Gasteiger partial charge in [0.15, 0.2) is 10.2 Å². The van der Waals surface area contributed by atoms with Gasteiger partial charge < -0.3 is 16.4 Å². The van der Waals surface area contributed by atoms with Crippen LogP contribution in [0.25, 0.3) is 0 Å². The van der Waals surface area contributed by atoms with Crippen molar-refractivity contribution in [1.82, 2.24) is 21.5 Å². The molecule has 5 aromatic rings. The van der Waals surface area contributed by atoms with Gasteiger partial charge in [0.2, 0.25) is 0 Å². The second-order valence-corrected chi connectivity index (χ2v) is 14.5. The molecule has 5 rings (SSSR count). The van der Waals surface area contributed by atoms with Crippen molar-refractivity contribution in [3.8, 4) is 0 Å². The molecule has 0 radical (unpaired) electrons. The standard InChI is InChI=1S/C36H34N7PS2/c1-38-35(45)42-40-34(28-22-24-29(37)25-23-28)33(27-14-6-2-7-15-27)41-43-36(46)39-26-44(30-16-8-3-9-17-30,31-18-10-4-11-19-31)32-20-12-5-13-21-32/h2-25H,26H2,1H3,(H5-,37,38,39,40,41,42,43,45,46)/p+1. The Labute approximate surface area is 281 Å². The van der Waals surface area contributed by atoms with Crippen LogP contribution >= 0.6 is 31.7 Å². The van der Waals surface area contributed by atoms with E-state index in [2.05, 4.69) is 99.4 Å². The van der Waals surface area contributed by atoms with Gasteiger partial charge in [-0.25, -0.2) is 0 Å². The van der Waals surface area contributed by atoms with Crippen LogP contribution in [0.5, 0.6) is 0 Å². The van der Waals surface area contributed by atoms with Gasteiger partial charge in [0.1, 0.15) is 40.9 Å². The van der Waals surface area contributed by atoms with E-state index in [4.69, 9.17) is 35.3 Å². The molecule has 0 amide bonds. The third-order valence-corrected chi connectivity index (χ3v) is 12.0. The number of hydrogen-bond donors (Lipinski definition) is 5. The lowest BCUT2D eigenvalue weighted by molar-refractivity contribution is 0.958. The summed E-state index contributed by atoms with van der Waals surface area (Å²) in [6, 6.07) is 49.1. The monoisotopic (exact) mass is 660 g/mol. The fraction of sp³-hybridized carbons (Fsp3) is 0.0556. The Balaban J connectivity index is 1.51. The van der Waals surface area contributed by atoms with E-state index in [1.165, 1.54) is 15.9 Å². The summed E-state index contributed by atoms with van der Waals surface area (Å²) in [5, 5.41) is 20.4. The average Bonchev–Trinajstić information content (AvgIpc) is 3.12. The number of hydrazone groups is 2. The Morgan fingerprint density at radius 1 is 0.565 bits per heavy atom. The van der Waals surface area contributed by atoms with Crippen molar-refractivity contribution < 1.29 is 0 Å². The quantitative estimate of drug-likeness (QED) is 0.0479. The Morgan fingerprint density at radius 2 is 0.957 bits per heavy atom. The maximum atomic E-state index is 6.00. The molecule has 230 valence electrons. The molecule has 0 atom stereocenters. The topological polar surface area (TPSA) is 98.9 Å². The van der Waals surface area contributed by atoms with Crippen LogP contribution < -0.4 is 43.1 Å². The number of rotatable bonds is 10. The molecule has 0 unspecified atom stereocenters. The number of nitrogens with two attached hydrogens (primary N) is 1. The second-order valence-electron chi connectivity index (χ2n) is 10.2. The summed E-state index contributed by atoms with van der Waals surface area (Å²) in [5.74, 6) is 0. The molecule has 7 nitrogen and oxygen atoms in total. The fourth-order valence-electron chi connectivity index (χ4n) is 5.01. The minimum absolute atomic E-state index is 0.369. The van der Waals surface area contributed by atoms with Crippen molar-refractivity contribution in [3.63, 3.8) is 0 Å². The molecular weight excluding hydrogens is 626 g/mol. The zero-order chi connectivity index (χ0) is 32.2. The van der Waals surface area contributed by atoms with Crippen LogP contribution in [-0.4, -0.2) is 35.0 Å². The maximum Gasteiger partial charge on any atom is 0.189 e. The van der Waals surface area contributed by atoms with Crippen molar-refractivity contribution >= 4 is 74.9 Å². The van der Waals surface area contributed by atoms with Gasteiger partial charge in [0.05, 0.1) is 0 Å². The summed E-state index contributed by atoms with van der Waals surface area (Å²) in [6.07, 6.45) is 0.587. The minimum atomic E-state index is -2.16. The van der Waals surface area contributed by atoms with Crippen molar-refractivity contribution in [3.05, 3.63) is 157 Å². The Hall–Kier alpha value is -4.95. The van der Waals surface area contributed by atoms with Crippen molar-refractivity contribution in [2.24, 2.45) is 10.2 Å². The van der Waals surface area contributed by atoms with E-state index in [1.54, 1.807) is 7.05 Å². The van der Waals surface area contributed by atoms with Crippen LogP contribution in [0.3, 0.4) is 0 Å². The molecule has 6 N–H and O–H groups in total. The maximum absolute atomic E-state index is 6.00. The van der Waals surface area contributed by atoms with E-state index in [1.807, 2.05) is 72.8 Å². The number of hydrogen-bond acceptors (Lipinski definition) is 5. The van der Waals surface area contributed by atoms with E-state index >= 15 is 0 Å². The molecule has 0 fully saturated rings. The van der Waals surface area contributed by atoms with Crippen LogP contribution in [0.15, 0.2) is 156 Å². The lowest BCUT2D eigenvalue weighted by atomic mass is 10.00. The average molecular weight is 661 g/mol. The van der Waals surface area contributed by atoms with Gasteiger partial charge in [0, 0.05) is 23.9 Å². The van der Waals surface area contributed by atoms with Gasteiger partial charge in [0.25, 0.3) is 0 Å². The fourth-order valence-corrected chi connectivity index (χ4v) is 9.16. The summed E-state index contributed by atoms with van der Waals surface area (Å²) in [7, 11) is -0.433. The molecule has 0 aliphatic carbocycles. The zero-order valence-electron chi connectivity index (χ0n) is 25.3. The van der Waals surface area contributed by atoms with E-state index < -0.39 is 7.26 Å². The van der Waals surface area contributed by atoms with Gasteiger partial charge in [-0.3, -0.25) is 10.9 Å². The van der Waals surface area contributed by atoms with Gasteiger partial charge in [-0.15, -0.1) is 0 Å². The smallest absolute Gasteiger partial charge is 0.189 e. The predicted molar refractivity (Wildman–Crippen MR) is 204 cm³/mol. The van der Waals surface area contributed by atoms with Crippen LogP contribution in [-0.2, 0) is 0 Å². The number of nitrogen functional groups attached to an aromatic ring is 1. The van der Waals surface area contributed by atoms with Crippen molar-refractivity contribution in [2.45, 2.75) is 0 Å². The van der Waals surface area contributed by atoms with Crippen LogP contribution in [0.2, 0.25) is 0 Å². The summed E-state index contributed by atoms with van der Waals surface area (Å²) in [6.45, 7) is 0. The highest BCUT2D eigenvalue weighted by molar-refractivity contribution is 7.95. The van der Waals surface area contributed by atoms with Gasteiger partial charge in [-0.2, -0.15) is 10.2 Å². The van der Waals surface area contributed by atoms with Gasteiger partial charge >= 0.3 is 0 Å². The van der Waals surface area contributed by atoms with Crippen molar-refractivity contribution in [2.75, 3.05) is 19.1 Å². The first-order valence-electron chi connectivity index (χ1n) is 14.6. The molecule has 0 spiro atoms. The molecule has 0 aliphatic heterocycles. The highest BCUT2D eigenvalue weighted by Crippen LogP contribution is 2.54. The lowest BCUT2D eigenvalue weighted by Gasteiger charge is -2.28. The highest BCUT2D eigenvalue weighted by atomic mass is 32.1. The molecule has 46 heavy (non-hydrogen) atoms. The lowest BCUT2D eigenvalue weighted by Crippen LogP contribution is -2.42. The molecule has 5 aromatic carbocycles. The summed E-state index contributed by atoms with van der Waals surface area (Å²) < 4.78 is 0. The number of nitrogens with zero attached hydrogens (tertiary/aromatic N) is 2. The first-order valence-corrected chi connectivity index (χ1v) is 17.4. The molecule has 0 saturated carbocycles. The third-order valence-electron chi connectivity index (χ3n) is 7.29. The summed E-state index contributed by atoms with van der Waals surface area (Å²) in [4.78, 5) is 0. The largest absolute Gasteiger partial charge is 0.399 e. The van der Waals surface area contributed by atoms with Crippen LogP contribution in [0, 0.1) is 0 Å². The number of anilines is 1. The molecule has 0 bridgehead atoms. The van der Waals surface area contributed by atoms with Gasteiger partial charge in [-0.1, -0.05) is 97.1 Å². The number of benzene rings is 5. The van der Waals surface area contributed by atoms with E-state index in [9.17, 15) is 0 Å². The SMILES string of the molecule is CNC(=S)NN=C(C(=NNC(=S)NC[P+](c1ccccc1)(c1ccccc1)c1ccccc1)c1ccccc1)c1ccc(N)cc1. The first kappa shape index (κ1) is 32.4. The van der Waals surface area contributed by atoms with Gasteiger partial charge in [-0.05, 0) is 73.0 Å². The third kappa shape index (κ3) is 7.82. The van der Waals surface area contributed by atoms with Crippen LogP contribution in [0.4, 0.5) is 5.69 Å². The van der Waals surface area contributed by atoms with E-state index in [-0.39, 0.29) is 0 Å².